The van der Waals surface area contributed by atoms with Gasteiger partial charge in [-0.2, -0.15) is 5.10 Å². The molecule has 2 aromatic rings. The van der Waals surface area contributed by atoms with Crippen LogP contribution in [0.4, 0.5) is 5.69 Å². The Hall–Kier alpha value is -3.22. The van der Waals surface area contributed by atoms with E-state index in [0.717, 1.165) is 11.1 Å². The first-order chi connectivity index (χ1) is 11.1. The first kappa shape index (κ1) is 16.2. The molecule has 0 aliphatic carbocycles. The van der Waals surface area contributed by atoms with Gasteiger partial charge in [-0.25, -0.2) is 5.43 Å². The smallest absolute Gasteiger partial charge is 0.310 e. The molecule has 1 amide bonds. The Balaban J connectivity index is 1.87. The number of hydrogen-bond donors (Lipinski definition) is 1. The molecule has 0 atom stereocenters. The molecule has 0 aliphatic rings. The summed E-state index contributed by atoms with van der Waals surface area (Å²) in [4.78, 5) is 21.9. The topological polar surface area (TPSA) is 93.8 Å². The van der Waals surface area contributed by atoms with Gasteiger partial charge in [0, 0.05) is 6.07 Å². The zero-order chi connectivity index (χ0) is 16.7. The van der Waals surface area contributed by atoms with E-state index in [1.54, 1.807) is 6.07 Å². The number of carbonyl (C=O) groups excluding carboxylic acids is 1. The van der Waals surface area contributed by atoms with E-state index >= 15 is 0 Å². The third-order valence-electron chi connectivity index (χ3n) is 2.87. The van der Waals surface area contributed by atoms with E-state index < -0.39 is 10.8 Å². The van der Waals surface area contributed by atoms with Gasteiger partial charge in [-0.15, -0.1) is 0 Å². The van der Waals surface area contributed by atoms with Crippen LogP contribution in [0.1, 0.15) is 11.1 Å². The Morgan fingerprint density at radius 3 is 2.83 bits per heavy atom. The average molecular weight is 313 g/mol. The van der Waals surface area contributed by atoms with Crippen molar-refractivity contribution < 1.29 is 14.5 Å². The number of nitro benzene ring substituents is 1. The number of carbonyl (C=O) groups is 1. The number of nitrogens with one attached hydrogen (secondary N) is 1. The highest BCUT2D eigenvalue weighted by Crippen LogP contribution is 2.25. The van der Waals surface area contributed by atoms with Gasteiger partial charge < -0.3 is 4.74 Å². The highest BCUT2D eigenvalue weighted by molar-refractivity contribution is 5.83. The Morgan fingerprint density at radius 1 is 1.30 bits per heavy atom. The molecule has 0 spiro atoms. The SMILES string of the molecule is Cc1cccc(/C=N\NC(=O)COc2ccccc2[N+](=O)[O-])c1. The van der Waals surface area contributed by atoms with Gasteiger partial charge in [-0.3, -0.25) is 14.9 Å². The summed E-state index contributed by atoms with van der Waals surface area (Å²) in [5.74, 6) is -0.470. The highest BCUT2D eigenvalue weighted by atomic mass is 16.6. The minimum atomic E-state index is -0.566. The van der Waals surface area contributed by atoms with Crippen molar-refractivity contribution in [1.29, 1.82) is 0 Å². The minimum absolute atomic E-state index is 0.0373. The number of hydrogen-bond acceptors (Lipinski definition) is 5. The number of amides is 1. The molecular formula is C16H15N3O4. The summed E-state index contributed by atoms with van der Waals surface area (Å²) in [5, 5.41) is 14.6. The second kappa shape index (κ2) is 7.69. The van der Waals surface area contributed by atoms with E-state index in [9.17, 15) is 14.9 Å². The number of nitrogens with zero attached hydrogens (tertiary/aromatic N) is 2. The van der Waals surface area contributed by atoms with E-state index in [4.69, 9.17) is 4.74 Å². The monoisotopic (exact) mass is 313 g/mol. The van der Waals surface area contributed by atoms with Gasteiger partial charge in [0.1, 0.15) is 0 Å². The third kappa shape index (κ3) is 4.92. The maximum atomic E-state index is 11.6. The number of nitro groups is 1. The Bertz CT molecular complexity index is 744. The Labute approximate surface area is 132 Å². The molecule has 0 bridgehead atoms. The van der Waals surface area contributed by atoms with E-state index in [1.165, 1.54) is 24.4 Å². The summed E-state index contributed by atoms with van der Waals surface area (Å²) in [6.07, 6.45) is 1.51. The first-order valence-corrected chi connectivity index (χ1v) is 6.81. The fourth-order valence-electron chi connectivity index (χ4n) is 1.83. The van der Waals surface area contributed by atoms with Crippen molar-refractivity contribution in [2.45, 2.75) is 6.92 Å². The van der Waals surface area contributed by atoms with Gasteiger partial charge in [-0.05, 0) is 18.6 Å². The van der Waals surface area contributed by atoms with Gasteiger partial charge >= 0.3 is 5.69 Å². The number of aryl methyl sites for hydroxylation is 1. The molecule has 7 nitrogen and oxygen atoms in total. The number of para-hydroxylation sites is 2. The molecule has 2 rings (SSSR count). The van der Waals surface area contributed by atoms with Crippen molar-refractivity contribution in [3.63, 3.8) is 0 Å². The predicted octanol–water partition coefficient (Wildman–Crippen LogP) is 2.43. The second-order valence-corrected chi connectivity index (χ2v) is 4.72. The van der Waals surface area contributed by atoms with Crippen molar-refractivity contribution in [2.24, 2.45) is 5.10 Å². The number of ether oxygens (including phenoxy) is 1. The largest absolute Gasteiger partial charge is 0.477 e. The molecule has 0 heterocycles. The molecular weight excluding hydrogens is 298 g/mol. The van der Waals surface area contributed by atoms with Gasteiger partial charge in [0.2, 0.25) is 0 Å². The third-order valence-corrected chi connectivity index (χ3v) is 2.87. The van der Waals surface area contributed by atoms with Crippen molar-refractivity contribution in [2.75, 3.05) is 6.61 Å². The fourth-order valence-corrected chi connectivity index (χ4v) is 1.83. The highest BCUT2D eigenvalue weighted by Gasteiger charge is 2.14. The molecule has 0 fully saturated rings. The lowest BCUT2D eigenvalue weighted by Crippen LogP contribution is -2.24. The van der Waals surface area contributed by atoms with Crippen LogP contribution < -0.4 is 10.2 Å². The summed E-state index contributed by atoms with van der Waals surface area (Å²) >= 11 is 0. The lowest BCUT2D eigenvalue weighted by Gasteiger charge is -2.05. The zero-order valence-corrected chi connectivity index (χ0v) is 12.4. The van der Waals surface area contributed by atoms with Crippen LogP contribution in [-0.4, -0.2) is 23.7 Å². The summed E-state index contributed by atoms with van der Waals surface area (Å²) in [5.41, 5.74) is 4.05. The van der Waals surface area contributed by atoms with E-state index in [0.29, 0.717) is 0 Å². The molecule has 0 radical (unpaired) electrons. The lowest BCUT2D eigenvalue weighted by molar-refractivity contribution is -0.385. The van der Waals surface area contributed by atoms with Crippen LogP contribution in [-0.2, 0) is 4.79 Å². The van der Waals surface area contributed by atoms with Crippen LogP contribution >= 0.6 is 0 Å². The second-order valence-electron chi connectivity index (χ2n) is 4.72. The summed E-state index contributed by atoms with van der Waals surface area (Å²) in [6.45, 7) is 1.59. The number of hydrazone groups is 1. The van der Waals surface area contributed by atoms with Gasteiger partial charge in [0.05, 0.1) is 11.1 Å². The normalized spacial score (nSPS) is 10.5. The molecule has 0 saturated heterocycles. The summed E-state index contributed by atoms with van der Waals surface area (Å²) < 4.78 is 5.15. The van der Waals surface area contributed by atoms with Gasteiger partial charge in [-0.1, -0.05) is 42.0 Å². The van der Waals surface area contributed by atoms with E-state index in [2.05, 4.69) is 10.5 Å². The quantitative estimate of drug-likeness (QED) is 0.503. The van der Waals surface area contributed by atoms with Crippen molar-refractivity contribution in [3.05, 3.63) is 69.8 Å². The molecule has 0 saturated carbocycles. The van der Waals surface area contributed by atoms with Crippen LogP contribution in [0.25, 0.3) is 0 Å². The molecule has 7 heteroatoms. The molecule has 1 N–H and O–H groups in total. The van der Waals surface area contributed by atoms with E-state index in [-0.39, 0.29) is 18.0 Å². The van der Waals surface area contributed by atoms with Crippen molar-refractivity contribution in [3.8, 4) is 5.75 Å². The van der Waals surface area contributed by atoms with Crippen LogP contribution in [0.5, 0.6) is 5.75 Å². The summed E-state index contributed by atoms with van der Waals surface area (Å²) in [6, 6.07) is 13.5. The summed E-state index contributed by atoms with van der Waals surface area (Å²) in [7, 11) is 0. The predicted molar refractivity (Wildman–Crippen MR) is 85.5 cm³/mol. The molecule has 0 unspecified atom stereocenters. The number of benzene rings is 2. The van der Waals surface area contributed by atoms with E-state index in [1.807, 2.05) is 31.2 Å². The molecule has 2 aromatic carbocycles. The average Bonchev–Trinajstić information content (AvgIpc) is 2.53. The van der Waals surface area contributed by atoms with Crippen LogP contribution in [0.15, 0.2) is 53.6 Å². The van der Waals surface area contributed by atoms with Gasteiger partial charge in [0.15, 0.2) is 12.4 Å². The van der Waals surface area contributed by atoms with Crippen molar-refractivity contribution in [1.82, 2.24) is 5.43 Å². The van der Waals surface area contributed by atoms with Crippen molar-refractivity contribution >= 4 is 17.8 Å². The molecule has 0 aromatic heterocycles. The van der Waals surface area contributed by atoms with Crippen LogP contribution in [0.3, 0.4) is 0 Å². The maximum Gasteiger partial charge on any atom is 0.310 e. The minimum Gasteiger partial charge on any atom is -0.477 e. The standard InChI is InChI=1S/C16H15N3O4/c1-12-5-4-6-13(9-12)10-17-18-16(20)11-23-15-8-3-2-7-14(15)19(21)22/h2-10H,11H2,1H3,(H,18,20)/b17-10-. The van der Waals surface area contributed by atoms with Crippen LogP contribution in [0.2, 0.25) is 0 Å². The Morgan fingerprint density at radius 2 is 2.09 bits per heavy atom. The zero-order valence-electron chi connectivity index (χ0n) is 12.4. The lowest BCUT2D eigenvalue weighted by atomic mass is 10.2. The maximum absolute atomic E-state index is 11.6. The van der Waals surface area contributed by atoms with Gasteiger partial charge in [0.25, 0.3) is 5.91 Å². The Kier molecular flexibility index (Phi) is 5.40. The molecule has 118 valence electrons. The first-order valence-electron chi connectivity index (χ1n) is 6.81. The van der Waals surface area contributed by atoms with Crippen LogP contribution in [0, 0.1) is 17.0 Å². The molecule has 23 heavy (non-hydrogen) atoms. The number of rotatable bonds is 6. The fraction of sp³-hybridized carbons (Fsp3) is 0.125. The molecule has 0 aliphatic heterocycles.